The van der Waals surface area contributed by atoms with Crippen LogP contribution in [0, 0.1) is 0 Å². The molecule has 0 spiro atoms. The molecule has 1 N–H and O–H groups in total. The first-order chi connectivity index (χ1) is 11.0. The molecular weight excluding hydrogens is 348 g/mol. The van der Waals surface area contributed by atoms with Crippen LogP contribution in [0.25, 0.3) is 0 Å². The lowest BCUT2D eigenvalue weighted by Crippen LogP contribution is -2.54. The summed E-state index contributed by atoms with van der Waals surface area (Å²) in [7, 11) is -4.08. The number of rotatable bonds is 6. The zero-order chi connectivity index (χ0) is 19.8. The van der Waals surface area contributed by atoms with E-state index in [1.54, 1.807) is 0 Å². The highest BCUT2D eigenvalue weighted by atomic mass is 28.4. The minimum absolute atomic E-state index is 0.0603. The molecule has 0 aromatic heterocycles. The van der Waals surface area contributed by atoms with Crippen molar-refractivity contribution in [2.75, 3.05) is 0 Å². The molecule has 4 nitrogen and oxygen atoms in total. The molecule has 1 fully saturated rings. The van der Waals surface area contributed by atoms with Crippen molar-refractivity contribution in [2.45, 2.75) is 109 Å². The van der Waals surface area contributed by atoms with Gasteiger partial charge in [-0.1, -0.05) is 47.6 Å². The second-order valence-electron chi connectivity index (χ2n) is 10.3. The summed E-state index contributed by atoms with van der Waals surface area (Å²) in [5, 5.41) is 10.7. The van der Waals surface area contributed by atoms with E-state index >= 15 is 0 Å². The van der Waals surface area contributed by atoms with E-state index in [2.05, 4.69) is 74.3 Å². The van der Waals surface area contributed by atoms with Gasteiger partial charge in [0.15, 0.2) is 22.9 Å². The van der Waals surface area contributed by atoms with Crippen LogP contribution in [0.1, 0.15) is 48.0 Å². The van der Waals surface area contributed by atoms with E-state index in [0.717, 1.165) is 0 Å². The van der Waals surface area contributed by atoms with E-state index in [9.17, 15) is 5.11 Å². The second-order valence-corrected chi connectivity index (χ2v) is 19.8. The first-order valence-corrected chi connectivity index (χ1v) is 15.2. The van der Waals surface area contributed by atoms with Crippen LogP contribution in [-0.2, 0) is 13.6 Å². The van der Waals surface area contributed by atoms with Crippen LogP contribution in [0.3, 0.4) is 0 Å². The average molecular weight is 389 g/mol. The van der Waals surface area contributed by atoms with Crippen molar-refractivity contribution in [1.82, 2.24) is 0 Å². The zero-order valence-corrected chi connectivity index (χ0v) is 20.0. The number of ether oxygens (including phenoxy) is 1. The van der Waals surface area contributed by atoms with Gasteiger partial charge in [0.1, 0.15) is 12.2 Å². The standard InChI is InChI=1S/C19H40O4Si2/c1-12-13-14-15(22-24(8,9)18(2,3)4)16(17(20)21-14)23-25(10,11)19(5,6)7/h12,14-17,20H,1,13H2,2-11H3/t14-,15+,16+,17?/m1/s1. The summed E-state index contributed by atoms with van der Waals surface area (Å²) >= 11 is 0. The number of hydrogen-bond acceptors (Lipinski definition) is 4. The fraction of sp³-hybridized carbons (Fsp3) is 0.895. The highest BCUT2D eigenvalue weighted by Gasteiger charge is 2.52. The lowest BCUT2D eigenvalue weighted by atomic mass is 10.1. The Morgan fingerprint density at radius 1 is 0.920 bits per heavy atom. The topological polar surface area (TPSA) is 47.9 Å². The predicted molar refractivity (Wildman–Crippen MR) is 110 cm³/mol. The van der Waals surface area contributed by atoms with Gasteiger partial charge in [-0.25, -0.2) is 0 Å². The maximum atomic E-state index is 10.6. The largest absolute Gasteiger partial charge is 0.408 e. The summed E-state index contributed by atoms with van der Waals surface area (Å²) in [5.41, 5.74) is 0. The molecule has 0 bridgehead atoms. The van der Waals surface area contributed by atoms with Crippen molar-refractivity contribution in [3.63, 3.8) is 0 Å². The molecule has 0 aromatic rings. The Kier molecular flexibility index (Phi) is 6.97. The maximum absolute atomic E-state index is 10.6. The molecule has 6 heteroatoms. The van der Waals surface area contributed by atoms with Crippen LogP contribution in [0.2, 0.25) is 36.3 Å². The summed E-state index contributed by atoms with van der Waals surface area (Å²) < 4.78 is 19.0. The van der Waals surface area contributed by atoms with E-state index in [-0.39, 0.29) is 22.3 Å². The van der Waals surface area contributed by atoms with Gasteiger partial charge < -0.3 is 18.7 Å². The van der Waals surface area contributed by atoms with E-state index in [1.165, 1.54) is 0 Å². The third-order valence-corrected chi connectivity index (χ3v) is 15.1. The van der Waals surface area contributed by atoms with Crippen molar-refractivity contribution in [1.29, 1.82) is 0 Å². The highest BCUT2D eigenvalue weighted by molar-refractivity contribution is 6.74. The lowest BCUT2D eigenvalue weighted by Gasteiger charge is -2.43. The minimum atomic E-state index is -2.06. The molecule has 4 atom stereocenters. The summed E-state index contributed by atoms with van der Waals surface area (Å²) in [6.07, 6.45) is 0.607. The fourth-order valence-electron chi connectivity index (χ4n) is 2.36. The Labute approximate surface area is 157 Å². The Hall–Kier alpha value is 0.0138. The van der Waals surface area contributed by atoms with Crippen molar-refractivity contribution in [3.05, 3.63) is 12.7 Å². The van der Waals surface area contributed by atoms with Gasteiger partial charge >= 0.3 is 0 Å². The van der Waals surface area contributed by atoms with Gasteiger partial charge in [-0.05, 0) is 42.7 Å². The molecule has 1 saturated heterocycles. The molecule has 0 amide bonds. The summed E-state index contributed by atoms with van der Waals surface area (Å²) in [4.78, 5) is 0. The maximum Gasteiger partial charge on any atom is 0.192 e. The van der Waals surface area contributed by atoms with Crippen LogP contribution >= 0.6 is 0 Å². The van der Waals surface area contributed by atoms with Crippen LogP contribution in [-0.4, -0.2) is 46.3 Å². The normalized spacial score (nSPS) is 29.1. The molecule has 1 aliphatic heterocycles. The molecular formula is C19H40O4Si2. The van der Waals surface area contributed by atoms with Gasteiger partial charge in [-0.2, -0.15) is 0 Å². The van der Waals surface area contributed by atoms with Crippen molar-refractivity contribution < 1.29 is 18.7 Å². The average Bonchev–Trinajstić information content (AvgIpc) is 2.64. The fourth-order valence-corrected chi connectivity index (χ4v) is 4.97. The molecule has 25 heavy (non-hydrogen) atoms. The lowest BCUT2D eigenvalue weighted by molar-refractivity contribution is -0.123. The van der Waals surface area contributed by atoms with E-state index in [1.807, 2.05) is 6.08 Å². The molecule has 1 unspecified atom stereocenters. The molecule has 1 rings (SSSR count). The number of aliphatic hydroxyl groups is 1. The Balaban J connectivity index is 3.13. The highest BCUT2D eigenvalue weighted by Crippen LogP contribution is 2.43. The number of aliphatic hydroxyl groups excluding tert-OH is 1. The Morgan fingerprint density at radius 2 is 1.32 bits per heavy atom. The first kappa shape index (κ1) is 23.1. The van der Waals surface area contributed by atoms with Crippen LogP contribution in [0.4, 0.5) is 0 Å². The van der Waals surface area contributed by atoms with Crippen LogP contribution in [0.5, 0.6) is 0 Å². The number of hydrogen-bond donors (Lipinski definition) is 1. The van der Waals surface area contributed by atoms with Crippen molar-refractivity contribution in [2.24, 2.45) is 0 Å². The Bertz CT molecular complexity index is 463. The second kappa shape index (κ2) is 7.56. The van der Waals surface area contributed by atoms with Gasteiger partial charge in [0.25, 0.3) is 0 Å². The van der Waals surface area contributed by atoms with Gasteiger partial charge in [0, 0.05) is 0 Å². The summed E-state index contributed by atoms with van der Waals surface area (Å²) in [5.74, 6) is 0. The Morgan fingerprint density at radius 3 is 1.68 bits per heavy atom. The van der Waals surface area contributed by atoms with E-state index in [0.29, 0.717) is 6.42 Å². The first-order valence-electron chi connectivity index (χ1n) is 9.33. The van der Waals surface area contributed by atoms with Crippen molar-refractivity contribution in [3.8, 4) is 0 Å². The molecule has 0 aliphatic carbocycles. The summed E-state index contributed by atoms with van der Waals surface area (Å²) in [6, 6.07) is 0. The monoisotopic (exact) mass is 388 g/mol. The molecule has 148 valence electrons. The SMILES string of the molecule is C=CC[C@H]1OC(O)[C@@H](O[Si](C)(C)C(C)(C)C)[C@H]1O[Si](C)(C)C(C)(C)C. The molecule has 0 saturated carbocycles. The van der Waals surface area contributed by atoms with E-state index < -0.39 is 29.0 Å². The van der Waals surface area contributed by atoms with Crippen molar-refractivity contribution >= 4 is 16.6 Å². The predicted octanol–water partition coefficient (Wildman–Crippen LogP) is 5.06. The van der Waals surface area contributed by atoms with Gasteiger partial charge in [-0.3, -0.25) is 0 Å². The molecule has 0 radical (unpaired) electrons. The quantitative estimate of drug-likeness (QED) is 0.510. The van der Waals surface area contributed by atoms with E-state index in [4.69, 9.17) is 13.6 Å². The molecule has 1 aliphatic rings. The molecule has 1 heterocycles. The smallest absolute Gasteiger partial charge is 0.192 e. The van der Waals surface area contributed by atoms with Crippen LogP contribution < -0.4 is 0 Å². The van der Waals surface area contributed by atoms with Gasteiger partial charge in [0.2, 0.25) is 0 Å². The third-order valence-electron chi connectivity index (χ3n) is 6.16. The third kappa shape index (κ3) is 5.27. The summed E-state index contributed by atoms with van der Waals surface area (Å²) in [6.45, 7) is 25.9. The zero-order valence-electron chi connectivity index (χ0n) is 18.0. The molecule has 0 aromatic carbocycles. The van der Waals surface area contributed by atoms with Gasteiger partial charge in [-0.15, -0.1) is 6.58 Å². The minimum Gasteiger partial charge on any atom is -0.408 e. The van der Waals surface area contributed by atoms with Crippen LogP contribution in [0.15, 0.2) is 12.7 Å². The van der Waals surface area contributed by atoms with Gasteiger partial charge in [0.05, 0.1) is 6.10 Å².